The molecule has 0 aliphatic heterocycles. The number of carbonyl (C=O) groups is 2. The molecule has 0 aromatic rings. The molecular formula is C13H20O3. The Balaban J connectivity index is 2.32. The van der Waals surface area contributed by atoms with Crippen molar-refractivity contribution >= 4 is 11.8 Å². The largest absolute Gasteiger partial charge is 0.469 e. The normalized spacial score (nSPS) is 39.0. The zero-order chi connectivity index (χ0) is 11.8. The molecule has 2 saturated carbocycles. The second kappa shape index (κ2) is 4.19. The van der Waals surface area contributed by atoms with Gasteiger partial charge in [-0.15, -0.1) is 0 Å². The zero-order valence-electron chi connectivity index (χ0n) is 10.1. The average Bonchev–Trinajstić information content (AvgIpc) is 2.27. The monoisotopic (exact) mass is 224 g/mol. The molecule has 3 nitrogen and oxygen atoms in total. The molecule has 3 heteroatoms. The highest BCUT2D eigenvalue weighted by atomic mass is 16.5. The summed E-state index contributed by atoms with van der Waals surface area (Å²) >= 11 is 0. The summed E-state index contributed by atoms with van der Waals surface area (Å²) in [5, 5.41) is 0. The van der Waals surface area contributed by atoms with E-state index < -0.39 is 5.41 Å². The smallest absolute Gasteiger partial charge is 0.312 e. The van der Waals surface area contributed by atoms with Crippen LogP contribution < -0.4 is 0 Å². The first kappa shape index (κ1) is 11.6. The van der Waals surface area contributed by atoms with Crippen LogP contribution in [0.15, 0.2) is 0 Å². The molecule has 2 rings (SSSR count). The van der Waals surface area contributed by atoms with Crippen LogP contribution in [0.4, 0.5) is 0 Å². The van der Waals surface area contributed by atoms with Crippen LogP contribution in [0, 0.1) is 17.3 Å². The molecule has 2 fully saturated rings. The summed E-state index contributed by atoms with van der Waals surface area (Å²) in [7, 11) is 1.44. The third-order valence-corrected chi connectivity index (χ3v) is 4.35. The van der Waals surface area contributed by atoms with Gasteiger partial charge in [0.1, 0.15) is 5.78 Å². The van der Waals surface area contributed by atoms with Gasteiger partial charge in [0.05, 0.1) is 12.5 Å². The van der Waals surface area contributed by atoms with Gasteiger partial charge in [-0.05, 0) is 38.0 Å². The van der Waals surface area contributed by atoms with Gasteiger partial charge in [0.25, 0.3) is 0 Å². The van der Waals surface area contributed by atoms with Gasteiger partial charge in [-0.3, -0.25) is 9.59 Å². The fraction of sp³-hybridized carbons (Fsp3) is 0.846. The van der Waals surface area contributed by atoms with Crippen LogP contribution in [0.1, 0.15) is 45.4 Å². The van der Waals surface area contributed by atoms with E-state index in [1.54, 1.807) is 0 Å². The van der Waals surface area contributed by atoms with E-state index in [-0.39, 0.29) is 17.7 Å². The number of Topliss-reactive ketones (excluding diaryl/α,β-unsaturated/α-hetero) is 1. The van der Waals surface area contributed by atoms with Crippen molar-refractivity contribution in [3.8, 4) is 0 Å². The van der Waals surface area contributed by atoms with E-state index in [0.29, 0.717) is 12.3 Å². The summed E-state index contributed by atoms with van der Waals surface area (Å²) in [4.78, 5) is 24.0. The predicted molar refractivity (Wildman–Crippen MR) is 59.8 cm³/mol. The lowest BCUT2D eigenvalue weighted by molar-refractivity contribution is -0.167. The Morgan fingerprint density at radius 1 is 1.44 bits per heavy atom. The Hall–Kier alpha value is -0.860. The summed E-state index contributed by atoms with van der Waals surface area (Å²) in [6.07, 6.45) is 5.09. The maximum Gasteiger partial charge on any atom is 0.312 e. The first-order valence-electron chi connectivity index (χ1n) is 6.21. The fourth-order valence-corrected chi connectivity index (χ4v) is 3.62. The van der Waals surface area contributed by atoms with E-state index in [0.717, 1.165) is 32.1 Å². The number of ketones is 1. The summed E-state index contributed by atoms with van der Waals surface area (Å²) in [6.45, 7) is 2.17. The quantitative estimate of drug-likeness (QED) is 0.642. The van der Waals surface area contributed by atoms with Gasteiger partial charge in [0.2, 0.25) is 0 Å². The number of hydrogen-bond donors (Lipinski definition) is 0. The number of fused-ring (bicyclic) bond motifs is 1. The first-order valence-corrected chi connectivity index (χ1v) is 6.21. The van der Waals surface area contributed by atoms with E-state index in [4.69, 9.17) is 4.74 Å². The number of methoxy groups -OCH3 is 1. The maximum atomic E-state index is 12.0. The summed E-state index contributed by atoms with van der Waals surface area (Å²) in [6, 6.07) is 0. The van der Waals surface area contributed by atoms with Gasteiger partial charge in [-0.2, -0.15) is 0 Å². The van der Waals surface area contributed by atoms with Crippen molar-refractivity contribution in [3.05, 3.63) is 0 Å². The molecule has 90 valence electrons. The number of hydrogen-bond acceptors (Lipinski definition) is 3. The van der Waals surface area contributed by atoms with Crippen LogP contribution >= 0.6 is 0 Å². The Labute approximate surface area is 96.5 Å². The molecule has 1 unspecified atom stereocenters. The molecule has 2 aliphatic carbocycles. The molecule has 0 saturated heterocycles. The fourth-order valence-electron chi connectivity index (χ4n) is 3.62. The van der Waals surface area contributed by atoms with E-state index in [9.17, 15) is 9.59 Å². The Morgan fingerprint density at radius 2 is 2.19 bits per heavy atom. The van der Waals surface area contributed by atoms with E-state index >= 15 is 0 Å². The van der Waals surface area contributed by atoms with Crippen molar-refractivity contribution < 1.29 is 14.3 Å². The standard InChI is InChI=1S/C13H20O3/c1-9-5-6-10-11(14)4-3-7-13(10,8-9)12(15)16-2/h9-10H,3-8H2,1-2H3/t9?,10-,13+/m0/s1. The molecule has 0 heterocycles. The molecule has 0 aromatic carbocycles. The molecule has 2 aliphatic rings. The number of esters is 1. The number of rotatable bonds is 1. The minimum Gasteiger partial charge on any atom is -0.469 e. The second-order valence-electron chi connectivity index (χ2n) is 5.41. The Morgan fingerprint density at radius 3 is 2.88 bits per heavy atom. The molecule has 0 spiro atoms. The molecular weight excluding hydrogens is 204 g/mol. The van der Waals surface area contributed by atoms with Crippen LogP contribution in [0.3, 0.4) is 0 Å². The molecule has 0 bridgehead atoms. The van der Waals surface area contributed by atoms with Crippen LogP contribution in [0.5, 0.6) is 0 Å². The minimum absolute atomic E-state index is 0.0649. The third kappa shape index (κ3) is 1.66. The van der Waals surface area contributed by atoms with Crippen molar-refractivity contribution in [1.82, 2.24) is 0 Å². The van der Waals surface area contributed by atoms with Gasteiger partial charge < -0.3 is 4.74 Å². The first-order chi connectivity index (χ1) is 7.60. The van der Waals surface area contributed by atoms with E-state index in [2.05, 4.69) is 6.92 Å². The molecule has 0 aromatic heterocycles. The van der Waals surface area contributed by atoms with Crippen molar-refractivity contribution in [2.45, 2.75) is 45.4 Å². The SMILES string of the molecule is COC(=O)[C@@]12CCCC(=O)[C@@H]1CCC(C)C2. The lowest BCUT2D eigenvalue weighted by Gasteiger charge is -2.46. The van der Waals surface area contributed by atoms with Crippen LogP contribution in [0.2, 0.25) is 0 Å². The molecule has 16 heavy (non-hydrogen) atoms. The van der Waals surface area contributed by atoms with Crippen molar-refractivity contribution in [2.24, 2.45) is 17.3 Å². The average molecular weight is 224 g/mol. The van der Waals surface area contributed by atoms with Gasteiger partial charge in [0.15, 0.2) is 0 Å². The predicted octanol–water partition coefficient (Wildman–Crippen LogP) is 2.33. The third-order valence-electron chi connectivity index (χ3n) is 4.35. The Bertz CT molecular complexity index is 310. The molecule has 0 amide bonds. The van der Waals surface area contributed by atoms with Crippen LogP contribution in [-0.2, 0) is 14.3 Å². The highest BCUT2D eigenvalue weighted by molar-refractivity contribution is 5.90. The van der Waals surface area contributed by atoms with E-state index in [1.807, 2.05) is 0 Å². The highest BCUT2D eigenvalue weighted by Crippen LogP contribution is 2.51. The van der Waals surface area contributed by atoms with Crippen molar-refractivity contribution in [3.63, 3.8) is 0 Å². The van der Waals surface area contributed by atoms with Gasteiger partial charge in [-0.1, -0.05) is 6.92 Å². The van der Waals surface area contributed by atoms with Crippen molar-refractivity contribution in [2.75, 3.05) is 7.11 Å². The maximum absolute atomic E-state index is 12.0. The van der Waals surface area contributed by atoms with Gasteiger partial charge in [-0.25, -0.2) is 0 Å². The topological polar surface area (TPSA) is 43.4 Å². The number of ether oxygens (including phenoxy) is 1. The summed E-state index contributed by atoms with van der Waals surface area (Å²) in [5.41, 5.74) is -0.484. The van der Waals surface area contributed by atoms with Gasteiger partial charge in [0, 0.05) is 12.3 Å². The molecule has 0 N–H and O–H groups in total. The second-order valence-corrected chi connectivity index (χ2v) is 5.41. The van der Waals surface area contributed by atoms with E-state index in [1.165, 1.54) is 7.11 Å². The van der Waals surface area contributed by atoms with Crippen molar-refractivity contribution in [1.29, 1.82) is 0 Å². The lowest BCUT2D eigenvalue weighted by Crippen LogP contribution is -2.49. The zero-order valence-corrected chi connectivity index (χ0v) is 10.1. The number of carbonyl (C=O) groups excluding carboxylic acids is 2. The molecule has 0 radical (unpaired) electrons. The molecule has 3 atom stereocenters. The Kier molecular flexibility index (Phi) is 3.04. The van der Waals surface area contributed by atoms with Crippen LogP contribution in [0.25, 0.3) is 0 Å². The van der Waals surface area contributed by atoms with Gasteiger partial charge >= 0.3 is 5.97 Å². The highest BCUT2D eigenvalue weighted by Gasteiger charge is 2.53. The lowest BCUT2D eigenvalue weighted by atomic mass is 9.57. The minimum atomic E-state index is -0.484. The summed E-state index contributed by atoms with van der Waals surface area (Å²) < 4.78 is 4.96. The van der Waals surface area contributed by atoms with Crippen LogP contribution in [-0.4, -0.2) is 18.9 Å². The summed E-state index contributed by atoms with van der Waals surface area (Å²) in [5.74, 6) is 0.590.